The molecule has 0 saturated carbocycles. The minimum Gasteiger partial charge on any atom is -0.497 e. The van der Waals surface area contributed by atoms with E-state index in [9.17, 15) is 18.0 Å². The smallest absolute Gasteiger partial charge is 0.257 e. The van der Waals surface area contributed by atoms with Gasteiger partial charge in [-0.3, -0.25) is 9.59 Å². The third-order valence-corrected chi connectivity index (χ3v) is 8.33. The number of amides is 2. The Balaban J connectivity index is 1.34. The highest BCUT2D eigenvalue weighted by Crippen LogP contribution is 2.41. The molecule has 9 heteroatoms. The van der Waals surface area contributed by atoms with Crippen molar-refractivity contribution in [3.05, 3.63) is 65.1 Å². The molecule has 2 heterocycles. The summed E-state index contributed by atoms with van der Waals surface area (Å²) in [5.41, 5.74) is 1.14. The maximum absolute atomic E-state index is 13.2. The summed E-state index contributed by atoms with van der Waals surface area (Å²) in [5.74, 6) is 0.0755. The van der Waals surface area contributed by atoms with Gasteiger partial charge < -0.3 is 19.3 Å². The number of rotatable bonds is 7. The van der Waals surface area contributed by atoms with Gasteiger partial charge in [0.1, 0.15) is 17.3 Å². The van der Waals surface area contributed by atoms with Gasteiger partial charge in [-0.1, -0.05) is 30.3 Å². The predicted molar refractivity (Wildman–Crippen MR) is 138 cm³/mol. The number of piperidine rings is 1. The van der Waals surface area contributed by atoms with E-state index in [-0.39, 0.29) is 17.2 Å². The minimum absolute atomic E-state index is 0.0887. The number of benzene rings is 2. The van der Waals surface area contributed by atoms with Crippen LogP contribution in [0.15, 0.2) is 53.9 Å². The average Bonchev–Trinajstić information content (AvgIpc) is 3.31. The Morgan fingerprint density at radius 2 is 1.61 bits per heavy atom. The maximum atomic E-state index is 13.2. The number of methoxy groups -OCH3 is 2. The molecule has 2 fully saturated rings. The summed E-state index contributed by atoms with van der Waals surface area (Å²) in [6.45, 7) is 2.20. The SMILES string of the molecule is COc1ccc(OC)c(C(=O)N2CCC3(CCN(C(=O)CS(=O)(=O)C=Cc4ccccc4)C3)CC2)c1. The second-order valence-corrected chi connectivity index (χ2v) is 11.3. The molecule has 0 N–H and O–H groups in total. The third kappa shape index (κ3) is 5.90. The van der Waals surface area contributed by atoms with E-state index in [1.807, 2.05) is 23.1 Å². The van der Waals surface area contributed by atoms with E-state index in [2.05, 4.69) is 0 Å². The fraction of sp³-hybridized carbons (Fsp3) is 0.407. The first-order chi connectivity index (χ1) is 17.2. The molecule has 8 nitrogen and oxygen atoms in total. The van der Waals surface area contributed by atoms with E-state index in [0.29, 0.717) is 43.2 Å². The second-order valence-electron chi connectivity index (χ2n) is 9.44. The van der Waals surface area contributed by atoms with Crippen molar-refractivity contribution < 1.29 is 27.5 Å². The number of likely N-dealkylation sites (tertiary alicyclic amines) is 2. The molecule has 0 aromatic heterocycles. The Hall–Kier alpha value is -3.33. The lowest BCUT2D eigenvalue weighted by Crippen LogP contribution is -2.45. The molecule has 4 rings (SSSR count). The summed E-state index contributed by atoms with van der Waals surface area (Å²) in [6, 6.07) is 14.3. The van der Waals surface area contributed by atoms with Gasteiger partial charge >= 0.3 is 0 Å². The standard InChI is InChI=1S/C27H32N2O6S/c1-34-22-8-9-24(35-2)23(18-22)26(31)28-14-11-27(12-15-28)13-16-29(20-27)25(30)19-36(32,33)17-10-21-6-4-3-5-7-21/h3-10,17-18H,11-16,19-20H2,1-2H3. The van der Waals surface area contributed by atoms with Crippen LogP contribution in [0.2, 0.25) is 0 Å². The average molecular weight is 513 g/mol. The Morgan fingerprint density at radius 3 is 2.25 bits per heavy atom. The van der Waals surface area contributed by atoms with Crippen molar-refractivity contribution >= 4 is 27.7 Å². The molecule has 0 atom stereocenters. The van der Waals surface area contributed by atoms with Crippen LogP contribution >= 0.6 is 0 Å². The van der Waals surface area contributed by atoms with Gasteiger partial charge in [0.15, 0.2) is 9.84 Å². The molecule has 2 amide bonds. The van der Waals surface area contributed by atoms with Gasteiger partial charge in [0.2, 0.25) is 5.91 Å². The van der Waals surface area contributed by atoms with Crippen LogP contribution in [0.3, 0.4) is 0 Å². The summed E-state index contributed by atoms with van der Waals surface area (Å²) in [7, 11) is -0.581. The Labute approximate surface area is 212 Å². The number of hydrogen-bond donors (Lipinski definition) is 0. The highest BCUT2D eigenvalue weighted by atomic mass is 32.2. The molecule has 192 valence electrons. The van der Waals surface area contributed by atoms with E-state index in [1.54, 1.807) is 42.3 Å². The summed E-state index contributed by atoms with van der Waals surface area (Å²) >= 11 is 0. The molecule has 2 aliphatic rings. The molecule has 0 radical (unpaired) electrons. The highest BCUT2D eigenvalue weighted by Gasteiger charge is 2.43. The van der Waals surface area contributed by atoms with E-state index >= 15 is 0 Å². The fourth-order valence-corrected chi connectivity index (χ4v) is 5.94. The van der Waals surface area contributed by atoms with Crippen LogP contribution in [0.5, 0.6) is 11.5 Å². The predicted octanol–water partition coefficient (Wildman–Crippen LogP) is 3.24. The van der Waals surface area contributed by atoms with Crippen LogP contribution in [-0.4, -0.2) is 76.2 Å². The minimum atomic E-state index is -3.67. The number of carbonyl (C=O) groups excluding carboxylic acids is 2. The summed E-state index contributed by atoms with van der Waals surface area (Å²) in [4.78, 5) is 29.5. The lowest BCUT2D eigenvalue weighted by Gasteiger charge is -2.39. The van der Waals surface area contributed by atoms with Crippen molar-refractivity contribution in [2.45, 2.75) is 19.3 Å². The Morgan fingerprint density at radius 1 is 0.944 bits per heavy atom. The number of hydrogen-bond acceptors (Lipinski definition) is 6. The zero-order valence-electron chi connectivity index (χ0n) is 20.7. The normalized spacial score (nSPS) is 17.5. The van der Waals surface area contributed by atoms with Gasteiger partial charge in [0, 0.05) is 31.6 Å². The van der Waals surface area contributed by atoms with Crippen molar-refractivity contribution in [3.8, 4) is 11.5 Å². The van der Waals surface area contributed by atoms with Crippen LogP contribution in [0.25, 0.3) is 6.08 Å². The third-order valence-electron chi connectivity index (χ3n) is 7.13. The molecule has 0 unspecified atom stereocenters. The quantitative estimate of drug-likeness (QED) is 0.566. The van der Waals surface area contributed by atoms with Crippen LogP contribution in [0.4, 0.5) is 0 Å². The molecule has 2 aliphatic heterocycles. The van der Waals surface area contributed by atoms with E-state index in [1.165, 1.54) is 13.2 Å². The largest absolute Gasteiger partial charge is 0.497 e. The second kappa shape index (κ2) is 10.7. The van der Waals surface area contributed by atoms with Crippen LogP contribution in [0, 0.1) is 5.41 Å². The molecule has 0 bridgehead atoms. The monoisotopic (exact) mass is 512 g/mol. The van der Waals surface area contributed by atoms with Crippen molar-refractivity contribution in [2.75, 3.05) is 46.2 Å². The van der Waals surface area contributed by atoms with Gasteiger partial charge in [0.25, 0.3) is 5.91 Å². The lowest BCUT2D eigenvalue weighted by atomic mass is 9.77. The van der Waals surface area contributed by atoms with Gasteiger partial charge in [-0.15, -0.1) is 0 Å². The topological polar surface area (TPSA) is 93.2 Å². The van der Waals surface area contributed by atoms with Crippen molar-refractivity contribution in [1.82, 2.24) is 9.80 Å². The highest BCUT2D eigenvalue weighted by molar-refractivity contribution is 7.95. The van der Waals surface area contributed by atoms with Crippen molar-refractivity contribution in [1.29, 1.82) is 0 Å². The first-order valence-corrected chi connectivity index (χ1v) is 13.7. The zero-order chi connectivity index (χ0) is 25.8. The molecule has 2 aromatic rings. The fourth-order valence-electron chi connectivity index (χ4n) is 4.95. The molecule has 0 aliphatic carbocycles. The summed E-state index contributed by atoms with van der Waals surface area (Å²) in [5, 5.41) is 1.11. The van der Waals surface area contributed by atoms with Crippen molar-refractivity contribution in [2.24, 2.45) is 5.41 Å². The van der Waals surface area contributed by atoms with Gasteiger partial charge in [0.05, 0.1) is 19.8 Å². The lowest BCUT2D eigenvalue weighted by molar-refractivity contribution is -0.128. The Bertz CT molecular complexity index is 1230. The molecular weight excluding hydrogens is 480 g/mol. The number of nitrogens with zero attached hydrogens (tertiary/aromatic N) is 2. The number of sulfone groups is 1. The molecule has 2 saturated heterocycles. The van der Waals surface area contributed by atoms with E-state index in [0.717, 1.165) is 30.2 Å². The summed E-state index contributed by atoms with van der Waals surface area (Å²) < 4.78 is 35.6. The van der Waals surface area contributed by atoms with Gasteiger partial charge in [-0.25, -0.2) is 8.42 Å². The van der Waals surface area contributed by atoms with Crippen LogP contribution < -0.4 is 9.47 Å². The number of ether oxygens (including phenoxy) is 2. The van der Waals surface area contributed by atoms with Crippen molar-refractivity contribution in [3.63, 3.8) is 0 Å². The van der Waals surface area contributed by atoms with E-state index < -0.39 is 15.6 Å². The first kappa shape index (κ1) is 25.8. The zero-order valence-corrected chi connectivity index (χ0v) is 21.5. The first-order valence-electron chi connectivity index (χ1n) is 12.0. The van der Waals surface area contributed by atoms with Crippen LogP contribution in [0.1, 0.15) is 35.2 Å². The number of carbonyl (C=O) groups is 2. The molecular formula is C27H32N2O6S. The molecule has 2 aromatic carbocycles. The van der Waals surface area contributed by atoms with Crippen LogP contribution in [-0.2, 0) is 14.6 Å². The van der Waals surface area contributed by atoms with E-state index in [4.69, 9.17) is 9.47 Å². The van der Waals surface area contributed by atoms with Gasteiger partial charge in [-0.2, -0.15) is 0 Å². The molecule has 1 spiro atoms. The van der Waals surface area contributed by atoms with Gasteiger partial charge in [-0.05, 0) is 54.5 Å². The maximum Gasteiger partial charge on any atom is 0.257 e. The summed E-state index contributed by atoms with van der Waals surface area (Å²) in [6.07, 6.45) is 3.84. The Kier molecular flexibility index (Phi) is 7.68. The molecule has 36 heavy (non-hydrogen) atoms.